The molecule has 0 radical (unpaired) electrons. The number of ether oxygens (including phenoxy) is 1. The molecule has 29 heavy (non-hydrogen) atoms. The van der Waals surface area contributed by atoms with Crippen molar-refractivity contribution >= 4 is 38.6 Å². The van der Waals surface area contributed by atoms with Gasteiger partial charge in [-0.1, -0.05) is 6.58 Å². The van der Waals surface area contributed by atoms with Gasteiger partial charge in [0.15, 0.2) is 11.5 Å². The molecule has 8 nitrogen and oxygen atoms in total. The highest BCUT2D eigenvalue weighted by Crippen LogP contribution is 2.35. The van der Waals surface area contributed by atoms with Crippen LogP contribution in [0.1, 0.15) is 12.5 Å². The number of H-pyrrole nitrogens is 1. The molecule has 1 heterocycles. The van der Waals surface area contributed by atoms with Crippen molar-refractivity contribution in [3.63, 3.8) is 0 Å². The fourth-order valence-electron chi connectivity index (χ4n) is 2.72. The zero-order chi connectivity index (χ0) is 21.3. The summed E-state index contributed by atoms with van der Waals surface area (Å²) in [6.07, 6.45) is 1.61. The summed E-state index contributed by atoms with van der Waals surface area (Å²) in [4.78, 5) is 12.8. The van der Waals surface area contributed by atoms with Gasteiger partial charge in [-0.3, -0.25) is 9.89 Å². The molecule has 3 aromatic rings. The molecular weight excluding hydrogens is 462 g/mol. The Morgan fingerprint density at radius 1 is 1.31 bits per heavy atom. The summed E-state index contributed by atoms with van der Waals surface area (Å²) in [5, 5.41) is 18.7. The Bertz CT molecular complexity index is 1340. The smallest absolute Gasteiger partial charge is 0.279 e. The molecule has 0 aliphatic carbocycles. The number of aromatic nitrogens is 2. The van der Waals surface area contributed by atoms with Gasteiger partial charge in [-0.25, -0.2) is 18.2 Å². The fourth-order valence-corrected chi connectivity index (χ4v) is 3.70. The van der Waals surface area contributed by atoms with Crippen molar-refractivity contribution in [1.82, 2.24) is 9.78 Å². The minimum absolute atomic E-state index is 0.0275. The predicted molar refractivity (Wildman–Crippen MR) is 113 cm³/mol. The van der Waals surface area contributed by atoms with Crippen molar-refractivity contribution in [3.8, 4) is 17.2 Å². The molecule has 152 valence electrons. The molecule has 4 N–H and O–H groups in total. The Kier molecular flexibility index (Phi) is 5.69. The van der Waals surface area contributed by atoms with Crippen molar-refractivity contribution < 1.29 is 18.3 Å². The van der Waals surface area contributed by atoms with Crippen LogP contribution in [0.25, 0.3) is 18.3 Å². The largest absolute Gasteiger partial charge is 0.503 e. The zero-order valence-corrected chi connectivity index (χ0v) is 17.7. The van der Waals surface area contributed by atoms with Gasteiger partial charge in [0.2, 0.25) is 10.0 Å². The van der Waals surface area contributed by atoms with E-state index in [2.05, 4.69) is 27.6 Å². The Hall–Kier alpha value is -2.82. The fraction of sp³-hybridized carbons (Fsp3) is 0.105. The van der Waals surface area contributed by atoms with Crippen molar-refractivity contribution in [2.45, 2.75) is 11.8 Å². The van der Waals surface area contributed by atoms with E-state index < -0.39 is 10.0 Å². The number of hydrogen-bond donors (Lipinski definition) is 3. The molecule has 0 atom stereocenters. The van der Waals surface area contributed by atoms with E-state index in [4.69, 9.17) is 9.88 Å². The lowest BCUT2D eigenvalue weighted by molar-refractivity contribution is 0.317. The molecule has 0 bridgehead atoms. The van der Waals surface area contributed by atoms with E-state index in [1.165, 1.54) is 28.9 Å². The molecule has 10 heteroatoms. The first-order valence-electron chi connectivity index (χ1n) is 8.42. The summed E-state index contributed by atoms with van der Waals surface area (Å²) in [6.45, 7) is 6.03. The number of nitrogens with two attached hydrogens (primary N) is 1. The SMILES string of the molecule is C=c1[nH]n(-c2ccc(S(N)(=O)=O)cc2)c(=O)/c1=C\c1cc(Br)c(O)c(OCC)c1. The van der Waals surface area contributed by atoms with Crippen LogP contribution in [0.15, 0.2) is 50.6 Å². The van der Waals surface area contributed by atoms with Gasteiger partial charge in [0.05, 0.1) is 32.2 Å². The van der Waals surface area contributed by atoms with Gasteiger partial charge in [0, 0.05) is 0 Å². The van der Waals surface area contributed by atoms with Crippen LogP contribution < -0.4 is 26.0 Å². The van der Waals surface area contributed by atoms with Crippen molar-refractivity contribution in [3.05, 3.63) is 67.4 Å². The van der Waals surface area contributed by atoms with Gasteiger partial charge in [-0.2, -0.15) is 0 Å². The second-order valence-corrected chi connectivity index (χ2v) is 8.53. The topological polar surface area (TPSA) is 127 Å². The van der Waals surface area contributed by atoms with Gasteiger partial charge in [0.1, 0.15) is 0 Å². The number of hydrogen-bond acceptors (Lipinski definition) is 5. The second kappa shape index (κ2) is 7.90. The highest BCUT2D eigenvalue weighted by molar-refractivity contribution is 9.10. The minimum Gasteiger partial charge on any atom is -0.503 e. The summed E-state index contributed by atoms with van der Waals surface area (Å²) in [7, 11) is -3.82. The van der Waals surface area contributed by atoms with E-state index in [0.717, 1.165) is 0 Å². The molecule has 0 aliphatic rings. The molecule has 0 fully saturated rings. The van der Waals surface area contributed by atoms with Crippen LogP contribution in [0.2, 0.25) is 0 Å². The number of nitrogens with one attached hydrogen (secondary N) is 1. The number of rotatable bonds is 5. The van der Waals surface area contributed by atoms with Crippen LogP contribution in [-0.2, 0) is 10.0 Å². The van der Waals surface area contributed by atoms with Crippen LogP contribution >= 0.6 is 15.9 Å². The lowest BCUT2D eigenvalue weighted by atomic mass is 10.1. The second-order valence-electron chi connectivity index (χ2n) is 6.11. The predicted octanol–water partition coefficient (Wildman–Crippen LogP) is 0.919. The van der Waals surface area contributed by atoms with E-state index in [0.29, 0.717) is 32.9 Å². The quantitative estimate of drug-likeness (QED) is 0.501. The Morgan fingerprint density at radius 2 is 1.97 bits per heavy atom. The summed E-state index contributed by atoms with van der Waals surface area (Å²) in [5.41, 5.74) is 0.671. The standard InChI is InChI=1S/C19H18BrN3O5S/c1-3-28-17-10-12(9-16(20)18(17)24)8-15-11(2)22-23(19(15)25)13-4-6-14(7-5-13)29(21,26)27/h4-10,22,24H,2-3H2,1H3,(H2,21,26,27)/b15-8-. The molecule has 0 aliphatic heterocycles. The first-order chi connectivity index (χ1) is 13.6. The average molecular weight is 480 g/mol. The number of halogens is 1. The van der Waals surface area contributed by atoms with Crippen molar-refractivity contribution in [2.75, 3.05) is 6.61 Å². The molecule has 0 amide bonds. The average Bonchev–Trinajstić information content (AvgIpc) is 2.93. The number of aromatic hydroxyl groups is 1. The van der Waals surface area contributed by atoms with Crippen LogP contribution in [0.4, 0.5) is 0 Å². The lowest BCUT2D eigenvalue weighted by Crippen LogP contribution is -2.33. The maximum absolute atomic E-state index is 12.9. The Morgan fingerprint density at radius 3 is 2.55 bits per heavy atom. The van der Waals surface area contributed by atoms with E-state index in [1.807, 2.05) is 0 Å². The number of phenolic OH excluding ortho intramolecular Hbond substituents is 1. The summed E-state index contributed by atoms with van der Waals surface area (Å²) in [6, 6.07) is 8.82. The maximum atomic E-state index is 12.9. The summed E-state index contributed by atoms with van der Waals surface area (Å²) < 4.78 is 29.9. The van der Waals surface area contributed by atoms with Crippen LogP contribution in [-0.4, -0.2) is 29.9 Å². The molecule has 1 aromatic heterocycles. The Balaban J connectivity index is 2.12. The van der Waals surface area contributed by atoms with Gasteiger partial charge in [-0.05, 0) is 70.9 Å². The normalized spacial score (nSPS) is 12.3. The van der Waals surface area contributed by atoms with Crippen LogP contribution in [0.5, 0.6) is 11.5 Å². The number of phenols is 1. The summed E-state index contributed by atoms with van der Waals surface area (Å²) in [5.74, 6) is 0.258. The molecule has 3 rings (SSSR count). The first kappa shape index (κ1) is 20.9. The molecule has 0 spiro atoms. The van der Waals surface area contributed by atoms with E-state index in [9.17, 15) is 18.3 Å². The highest BCUT2D eigenvalue weighted by Gasteiger charge is 2.11. The molecule has 0 saturated carbocycles. The highest BCUT2D eigenvalue weighted by atomic mass is 79.9. The van der Waals surface area contributed by atoms with Gasteiger partial charge < -0.3 is 9.84 Å². The van der Waals surface area contributed by atoms with E-state index >= 15 is 0 Å². The van der Waals surface area contributed by atoms with E-state index in [-0.39, 0.29) is 22.0 Å². The third-order valence-corrected chi connectivity index (χ3v) is 5.62. The van der Waals surface area contributed by atoms with Gasteiger partial charge >= 0.3 is 0 Å². The number of aromatic amines is 1. The lowest BCUT2D eigenvalue weighted by Gasteiger charge is -2.08. The Labute approximate surface area is 174 Å². The zero-order valence-electron chi connectivity index (χ0n) is 15.3. The number of primary sulfonamides is 1. The monoisotopic (exact) mass is 479 g/mol. The molecule has 0 unspecified atom stereocenters. The third kappa shape index (κ3) is 4.29. The number of sulfonamides is 1. The van der Waals surface area contributed by atoms with Gasteiger partial charge in [0.25, 0.3) is 5.56 Å². The van der Waals surface area contributed by atoms with Crippen molar-refractivity contribution in [2.24, 2.45) is 5.14 Å². The van der Waals surface area contributed by atoms with Crippen molar-refractivity contribution in [1.29, 1.82) is 0 Å². The maximum Gasteiger partial charge on any atom is 0.279 e. The minimum atomic E-state index is -3.82. The number of benzene rings is 2. The third-order valence-electron chi connectivity index (χ3n) is 4.09. The van der Waals surface area contributed by atoms with Gasteiger partial charge in [-0.15, -0.1) is 0 Å². The van der Waals surface area contributed by atoms with E-state index in [1.54, 1.807) is 25.1 Å². The molecular formula is C19H18BrN3O5S. The molecule has 2 aromatic carbocycles. The molecule has 0 saturated heterocycles. The van der Waals surface area contributed by atoms with Crippen LogP contribution in [0, 0.1) is 0 Å². The number of nitrogens with zero attached hydrogens (tertiary/aromatic N) is 1. The summed E-state index contributed by atoms with van der Waals surface area (Å²) >= 11 is 3.27. The van der Waals surface area contributed by atoms with Crippen LogP contribution in [0.3, 0.4) is 0 Å². The first-order valence-corrected chi connectivity index (χ1v) is 10.8.